The Morgan fingerprint density at radius 2 is 1.93 bits per heavy atom. The molecule has 1 N–H and O–H groups in total. The third-order valence-electron chi connectivity index (χ3n) is 5.58. The number of likely N-dealkylation sites (N-methyl/N-ethyl adjacent to an activating group) is 1. The molecular formula is C22H32ClN3O3. The Labute approximate surface area is 179 Å². The molecule has 160 valence electrons. The molecule has 0 saturated carbocycles. The van der Waals surface area contributed by atoms with Gasteiger partial charge in [0.2, 0.25) is 0 Å². The number of aryl methyl sites for hydroxylation is 1. The Morgan fingerprint density at radius 3 is 2.62 bits per heavy atom. The molecule has 2 heterocycles. The Kier molecular flexibility index (Phi) is 9.14. The van der Waals surface area contributed by atoms with Crippen molar-refractivity contribution in [1.82, 2.24) is 15.4 Å². The van der Waals surface area contributed by atoms with Crippen molar-refractivity contribution in [3.63, 3.8) is 0 Å². The normalized spacial score (nSPS) is 15.5. The maximum atomic E-state index is 12.8. The summed E-state index contributed by atoms with van der Waals surface area (Å²) in [4.78, 5) is 14.7. The molecule has 0 spiro atoms. The quantitative estimate of drug-likeness (QED) is 0.625. The van der Waals surface area contributed by atoms with Crippen molar-refractivity contribution in [3.05, 3.63) is 42.2 Å². The van der Waals surface area contributed by atoms with Crippen LogP contribution in [0.15, 0.2) is 40.9 Å². The molecule has 0 aliphatic carbocycles. The van der Waals surface area contributed by atoms with Crippen molar-refractivity contribution >= 4 is 18.3 Å². The van der Waals surface area contributed by atoms with Gasteiger partial charge in [0.1, 0.15) is 17.1 Å². The van der Waals surface area contributed by atoms with E-state index in [1.807, 2.05) is 48.3 Å². The van der Waals surface area contributed by atoms with Gasteiger partial charge in [-0.05, 0) is 38.8 Å². The Bertz CT molecular complexity index is 745. The lowest BCUT2D eigenvalue weighted by Gasteiger charge is -2.37. The van der Waals surface area contributed by atoms with E-state index in [2.05, 4.69) is 10.5 Å². The van der Waals surface area contributed by atoms with Crippen LogP contribution in [-0.4, -0.2) is 55.4 Å². The highest BCUT2D eigenvalue weighted by molar-refractivity contribution is 5.85. The number of hydrogen-bond acceptors (Lipinski definition) is 5. The molecule has 0 atom stereocenters. The molecule has 1 aliphatic rings. The number of carbonyl (C=O) groups excluding carboxylic acids is 1. The number of nitrogens with one attached hydrogen (secondary N) is 1. The van der Waals surface area contributed by atoms with E-state index in [1.54, 1.807) is 7.11 Å². The summed E-state index contributed by atoms with van der Waals surface area (Å²) in [5.41, 5.74) is 1.31. The molecule has 6 nitrogen and oxygen atoms in total. The van der Waals surface area contributed by atoms with Crippen LogP contribution in [0.1, 0.15) is 37.9 Å². The largest absolute Gasteiger partial charge is 0.368 e. The van der Waals surface area contributed by atoms with Crippen LogP contribution in [0.3, 0.4) is 0 Å². The molecule has 1 saturated heterocycles. The van der Waals surface area contributed by atoms with E-state index in [0.717, 1.165) is 75.2 Å². The number of rotatable bonds is 9. The van der Waals surface area contributed by atoms with E-state index in [9.17, 15) is 4.79 Å². The van der Waals surface area contributed by atoms with Gasteiger partial charge in [-0.25, -0.2) is 0 Å². The molecule has 1 aromatic carbocycles. The molecule has 0 bridgehead atoms. The second-order valence-electron chi connectivity index (χ2n) is 7.53. The van der Waals surface area contributed by atoms with E-state index >= 15 is 0 Å². The molecule has 0 unspecified atom stereocenters. The highest BCUT2D eigenvalue weighted by Crippen LogP contribution is 2.25. The van der Waals surface area contributed by atoms with Gasteiger partial charge in [0.05, 0.1) is 0 Å². The van der Waals surface area contributed by atoms with Gasteiger partial charge in [-0.15, -0.1) is 12.4 Å². The van der Waals surface area contributed by atoms with Gasteiger partial charge in [0.25, 0.3) is 5.91 Å². The fraction of sp³-hybridized carbons (Fsp3) is 0.545. The summed E-state index contributed by atoms with van der Waals surface area (Å²) in [6.07, 6.45) is 5.38. The number of unbranched alkanes of at least 4 members (excludes halogenated alkanes) is 2. The van der Waals surface area contributed by atoms with Crippen molar-refractivity contribution in [3.8, 4) is 11.3 Å². The number of hydrogen-bond donors (Lipinski definition) is 1. The number of piperidine rings is 1. The zero-order chi connectivity index (χ0) is 19.8. The minimum absolute atomic E-state index is 0. The first-order valence-corrected chi connectivity index (χ1v) is 10.2. The third kappa shape index (κ3) is 6.04. The van der Waals surface area contributed by atoms with Gasteiger partial charge in [-0.1, -0.05) is 41.9 Å². The van der Waals surface area contributed by atoms with E-state index in [0.29, 0.717) is 0 Å². The average molecular weight is 422 g/mol. The molecule has 1 amide bonds. The summed E-state index contributed by atoms with van der Waals surface area (Å²) >= 11 is 0. The fourth-order valence-corrected chi connectivity index (χ4v) is 3.79. The first kappa shape index (κ1) is 23.4. The van der Waals surface area contributed by atoms with Crippen LogP contribution < -0.4 is 5.32 Å². The van der Waals surface area contributed by atoms with Gasteiger partial charge in [-0.3, -0.25) is 4.79 Å². The van der Waals surface area contributed by atoms with Gasteiger partial charge in [-0.2, -0.15) is 0 Å². The number of ether oxygens (including phenoxy) is 1. The SMILES string of the molecule is COC1(C(=O)N(C)CCCCCc2cc(-c3ccccc3)no2)CCNCC1.Cl. The van der Waals surface area contributed by atoms with Gasteiger partial charge in [0.15, 0.2) is 0 Å². The van der Waals surface area contributed by atoms with Crippen LogP contribution >= 0.6 is 12.4 Å². The standard InChI is InChI=1S/C22H31N3O3.ClH/c1-25(21(26)22(27-2)12-14-23-15-13-22)16-8-4-7-11-19-17-20(24-28-19)18-9-5-3-6-10-18;/h3,5-6,9-10,17,23H,4,7-8,11-16H2,1-2H3;1H. The van der Waals surface area contributed by atoms with Gasteiger partial charge in [0, 0.05) is 38.8 Å². The first-order chi connectivity index (χ1) is 13.6. The lowest BCUT2D eigenvalue weighted by atomic mass is 9.90. The van der Waals surface area contributed by atoms with Gasteiger partial charge < -0.3 is 19.5 Å². The number of amides is 1. The number of nitrogens with zero attached hydrogens (tertiary/aromatic N) is 2. The molecular weight excluding hydrogens is 390 g/mol. The molecule has 29 heavy (non-hydrogen) atoms. The Balaban J connectivity index is 0.00000300. The molecule has 2 aromatic rings. The zero-order valence-corrected chi connectivity index (χ0v) is 18.2. The van der Waals surface area contributed by atoms with Crippen molar-refractivity contribution in [2.45, 2.75) is 44.1 Å². The topological polar surface area (TPSA) is 67.6 Å². The van der Waals surface area contributed by atoms with Crippen LogP contribution in [0.2, 0.25) is 0 Å². The third-order valence-corrected chi connectivity index (χ3v) is 5.58. The monoisotopic (exact) mass is 421 g/mol. The second kappa shape index (κ2) is 11.3. The summed E-state index contributed by atoms with van der Waals surface area (Å²) in [7, 11) is 3.53. The summed E-state index contributed by atoms with van der Waals surface area (Å²) in [6, 6.07) is 12.1. The van der Waals surface area contributed by atoms with E-state index in [1.165, 1.54) is 0 Å². The predicted molar refractivity (Wildman–Crippen MR) is 116 cm³/mol. The number of carbonyl (C=O) groups is 1. The molecule has 1 aromatic heterocycles. The summed E-state index contributed by atoms with van der Waals surface area (Å²) in [5, 5.41) is 7.45. The lowest BCUT2D eigenvalue weighted by Crippen LogP contribution is -2.54. The fourth-order valence-electron chi connectivity index (χ4n) is 3.79. The van der Waals surface area contributed by atoms with Crippen molar-refractivity contribution < 1.29 is 14.1 Å². The van der Waals surface area contributed by atoms with Crippen molar-refractivity contribution in [2.24, 2.45) is 0 Å². The summed E-state index contributed by atoms with van der Waals surface area (Å²) < 4.78 is 11.1. The second-order valence-corrected chi connectivity index (χ2v) is 7.53. The van der Waals surface area contributed by atoms with E-state index in [-0.39, 0.29) is 18.3 Å². The smallest absolute Gasteiger partial charge is 0.254 e. The molecule has 3 rings (SSSR count). The Hall–Kier alpha value is -1.89. The molecule has 1 fully saturated rings. The number of methoxy groups -OCH3 is 1. The average Bonchev–Trinajstić information content (AvgIpc) is 3.23. The minimum Gasteiger partial charge on any atom is -0.368 e. The first-order valence-electron chi connectivity index (χ1n) is 10.2. The maximum absolute atomic E-state index is 12.8. The molecule has 0 radical (unpaired) electrons. The van der Waals surface area contributed by atoms with Crippen molar-refractivity contribution in [1.29, 1.82) is 0 Å². The summed E-state index contributed by atoms with van der Waals surface area (Å²) in [5.74, 6) is 1.02. The molecule has 7 heteroatoms. The zero-order valence-electron chi connectivity index (χ0n) is 17.4. The lowest BCUT2D eigenvalue weighted by molar-refractivity contribution is -0.157. The maximum Gasteiger partial charge on any atom is 0.254 e. The highest BCUT2D eigenvalue weighted by Gasteiger charge is 2.41. The number of aromatic nitrogens is 1. The molecule has 1 aliphatic heterocycles. The van der Waals surface area contributed by atoms with Gasteiger partial charge >= 0.3 is 0 Å². The highest BCUT2D eigenvalue weighted by atomic mass is 35.5. The summed E-state index contributed by atoms with van der Waals surface area (Å²) in [6.45, 7) is 2.41. The Morgan fingerprint density at radius 1 is 1.21 bits per heavy atom. The predicted octanol–water partition coefficient (Wildman–Crippen LogP) is 3.70. The van der Waals surface area contributed by atoms with E-state index in [4.69, 9.17) is 9.26 Å². The van der Waals surface area contributed by atoms with Crippen LogP contribution in [0.25, 0.3) is 11.3 Å². The van der Waals surface area contributed by atoms with Crippen LogP contribution in [0.4, 0.5) is 0 Å². The van der Waals surface area contributed by atoms with Crippen LogP contribution in [-0.2, 0) is 16.0 Å². The number of benzene rings is 1. The van der Waals surface area contributed by atoms with Crippen molar-refractivity contribution in [2.75, 3.05) is 33.8 Å². The minimum atomic E-state index is -0.645. The number of halogens is 1. The van der Waals surface area contributed by atoms with E-state index < -0.39 is 5.60 Å². The van der Waals surface area contributed by atoms with Crippen LogP contribution in [0, 0.1) is 0 Å². The van der Waals surface area contributed by atoms with Crippen LogP contribution in [0.5, 0.6) is 0 Å².